The van der Waals surface area contributed by atoms with E-state index in [9.17, 15) is 13.2 Å². The minimum atomic E-state index is -3.29. The Kier molecular flexibility index (Phi) is 4.00. The summed E-state index contributed by atoms with van der Waals surface area (Å²) in [6.45, 7) is 0. The van der Waals surface area contributed by atoms with Crippen LogP contribution in [0.2, 0.25) is 0 Å². The van der Waals surface area contributed by atoms with E-state index in [1.807, 2.05) is 6.07 Å². The highest BCUT2D eigenvalue weighted by atomic mass is 32.2. The molecule has 21 heavy (non-hydrogen) atoms. The van der Waals surface area contributed by atoms with Crippen LogP contribution in [0.15, 0.2) is 47.5 Å². The van der Waals surface area contributed by atoms with Gasteiger partial charge in [0.1, 0.15) is 11.9 Å². The van der Waals surface area contributed by atoms with Gasteiger partial charge in [-0.25, -0.2) is 13.4 Å². The molecule has 1 aromatic carbocycles. The number of carbonyl (C=O) groups is 1. The van der Waals surface area contributed by atoms with Crippen LogP contribution in [-0.4, -0.2) is 25.6 Å². The second-order valence-electron chi connectivity index (χ2n) is 4.29. The Balaban J connectivity index is 2.15. The van der Waals surface area contributed by atoms with Gasteiger partial charge < -0.3 is 5.32 Å². The SMILES string of the molecule is CS(=O)(=O)c1ccc(C(=O)Nc2ccc(C#N)cn2)cc1. The molecule has 0 saturated heterocycles. The molecule has 0 atom stereocenters. The number of benzene rings is 1. The van der Waals surface area contributed by atoms with Gasteiger partial charge >= 0.3 is 0 Å². The van der Waals surface area contributed by atoms with Crippen LogP contribution < -0.4 is 5.32 Å². The smallest absolute Gasteiger partial charge is 0.256 e. The number of aromatic nitrogens is 1. The molecule has 0 unspecified atom stereocenters. The molecular formula is C14H11N3O3S. The highest BCUT2D eigenvalue weighted by Gasteiger charge is 2.10. The molecule has 1 amide bonds. The number of amides is 1. The third kappa shape index (κ3) is 3.64. The molecule has 1 heterocycles. The van der Waals surface area contributed by atoms with Gasteiger partial charge in [0.15, 0.2) is 9.84 Å². The Morgan fingerprint density at radius 1 is 1.19 bits per heavy atom. The average molecular weight is 301 g/mol. The summed E-state index contributed by atoms with van der Waals surface area (Å²) in [5, 5.41) is 11.2. The van der Waals surface area contributed by atoms with E-state index in [2.05, 4.69) is 10.3 Å². The molecule has 0 spiro atoms. The van der Waals surface area contributed by atoms with Gasteiger partial charge in [-0.05, 0) is 36.4 Å². The summed E-state index contributed by atoms with van der Waals surface area (Å²) in [7, 11) is -3.29. The molecule has 1 N–H and O–H groups in total. The minimum absolute atomic E-state index is 0.149. The Hall–Kier alpha value is -2.72. The first-order valence-electron chi connectivity index (χ1n) is 5.88. The first kappa shape index (κ1) is 14.7. The summed E-state index contributed by atoms with van der Waals surface area (Å²) < 4.78 is 22.7. The van der Waals surface area contributed by atoms with Gasteiger partial charge in [0.25, 0.3) is 5.91 Å². The van der Waals surface area contributed by atoms with Gasteiger partial charge in [-0.15, -0.1) is 0 Å². The number of carbonyl (C=O) groups excluding carboxylic acids is 1. The zero-order valence-corrected chi connectivity index (χ0v) is 11.9. The predicted octanol–water partition coefficient (Wildman–Crippen LogP) is 1.61. The number of hydrogen-bond donors (Lipinski definition) is 1. The van der Waals surface area contributed by atoms with E-state index in [0.29, 0.717) is 16.9 Å². The fraction of sp³-hybridized carbons (Fsp3) is 0.0714. The molecule has 0 aliphatic heterocycles. The standard InChI is InChI=1S/C14H11N3O3S/c1-21(19,20)12-5-3-11(4-6-12)14(18)17-13-7-2-10(8-15)9-16-13/h2-7,9H,1H3,(H,16,17,18). The van der Waals surface area contributed by atoms with Crippen LogP contribution in [-0.2, 0) is 9.84 Å². The molecule has 0 bridgehead atoms. The van der Waals surface area contributed by atoms with Crippen LogP contribution in [0.4, 0.5) is 5.82 Å². The second-order valence-corrected chi connectivity index (χ2v) is 6.31. The molecule has 0 fully saturated rings. The van der Waals surface area contributed by atoms with Crippen molar-refractivity contribution in [3.63, 3.8) is 0 Å². The number of nitrogens with one attached hydrogen (secondary N) is 1. The number of anilines is 1. The van der Waals surface area contributed by atoms with Gasteiger partial charge in [0.2, 0.25) is 0 Å². The molecule has 2 rings (SSSR count). The van der Waals surface area contributed by atoms with E-state index in [-0.39, 0.29) is 4.90 Å². The number of hydrogen-bond acceptors (Lipinski definition) is 5. The van der Waals surface area contributed by atoms with Crippen molar-refractivity contribution in [2.75, 3.05) is 11.6 Å². The van der Waals surface area contributed by atoms with Gasteiger partial charge in [-0.1, -0.05) is 0 Å². The number of nitrogens with zero attached hydrogens (tertiary/aromatic N) is 2. The van der Waals surface area contributed by atoms with Crippen LogP contribution in [0.3, 0.4) is 0 Å². The van der Waals surface area contributed by atoms with Gasteiger partial charge in [0, 0.05) is 18.0 Å². The Morgan fingerprint density at radius 2 is 1.86 bits per heavy atom. The van der Waals surface area contributed by atoms with E-state index in [1.165, 1.54) is 42.6 Å². The van der Waals surface area contributed by atoms with E-state index in [1.54, 1.807) is 0 Å². The normalized spacial score (nSPS) is 10.7. The molecule has 106 valence electrons. The molecule has 0 saturated carbocycles. The van der Waals surface area contributed by atoms with Gasteiger partial charge in [-0.3, -0.25) is 4.79 Å². The van der Waals surface area contributed by atoms with Crippen LogP contribution in [0.25, 0.3) is 0 Å². The molecule has 6 nitrogen and oxygen atoms in total. The number of sulfone groups is 1. The predicted molar refractivity (Wildman–Crippen MR) is 76.5 cm³/mol. The summed E-state index contributed by atoms with van der Waals surface area (Å²) in [6.07, 6.45) is 2.45. The maximum atomic E-state index is 12.0. The number of nitriles is 1. The molecular weight excluding hydrogens is 290 g/mol. The van der Waals surface area contributed by atoms with Crippen LogP contribution in [0.1, 0.15) is 15.9 Å². The van der Waals surface area contributed by atoms with Crippen molar-refractivity contribution in [3.05, 3.63) is 53.7 Å². The maximum absolute atomic E-state index is 12.0. The summed E-state index contributed by atoms with van der Waals surface area (Å²) in [5.74, 6) is -0.0987. The maximum Gasteiger partial charge on any atom is 0.256 e. The summed E-state index contributed by atoms with van der Waals surface area (Å²) in [6, 6.07) is 10.6. The monoisotopic (exact) mass is 301 g/mol. The van der Waals surface area contributed by atoms with Crippen molar-refractivity contribution < 1.29 is 13.2 Å². The quantitative estimate of drug-likeness (QED) is 0.928. The second kappa shape index (κ2) is 5.73. The molecule has 1 aromatic heterocycles. The van der Waals surface area contributed by atoms with Crippen molar-refractivity contribution >= 4 is 21.6 Å². The van der Waals surface area contributed by atoms with Crippen molar-refractivity contribution in [1.29, 1.82) is 5.26 Å². The summed E-state index contributed by atoms with van der Waals surface area (Å²) in [4.78, 5) is 16.0. The van der Waals surface area contributed by atoms with E-state index in [4.69, 9.17) is 5.26 Å². The highest BCUT2D eigenvalue weighted by molar-refractivity contribution is 7.90. The lowest BCUT2D eigenvalue weighted by atomic mass is 10.2. The zero-order valence-electron chi connectivity index (χ0n) is 11.1. The zero-order chi connectivity index (χ0) is 15.5. The molecule has 0 aliphatic carbocycles. The Morgan fingerprint density at radius 3 is 2.33 bits per heavy atom. The number of rotatable bonds is 3. The summed E-state index contributed by atoms with van der Waals surface area (Å²) in [5.41, 5.74) is 0.707. The molecule has 2 aromatic rings. The van der Waals surface area contributed by atoms with E-state index < -0.39 is 15.7 Å². The fourth-order valence-electron chi connectivity index (χ4n) is 1.58. The summed E-state index contributed by atoms with van der Waals surface area (Å²) >= 11 is 0. The lowest BCUT2D eigenvalue weighted by Crippen LogP contribution is -2.13. The van der Waals surface area contributed by atoms with Gasteiger partial charge in [0.05, 0.1) is 10.5 Å². The first-order chi connectivity index (χ1) is 9.90. The molecule has 0 radical (unpaired) electrons. The topological polar surface area (TPSA) is 99.9 Å². The van der Waals surface area contributed by atoms with Crippen molar-refractivity contribution in [2.45, 2.75) is 4.90 Å². The Labute approximate surface area is 122 Å². The Bertz CT molecular complexity index is 804. The first-order valence-corrected chi connectivity index (χ1v) is 7.77. The van der Waals surface area contributed by atoms with Crippen molar-refractivity contribution in [1.82, 2.24) is 4.98 Å². The van der Waals surface area contributed by atoms with E-state index in [0.717, 1.165) is 6.26 Å². The molecule has 7 heteroatoms. The lowest BCUT2D eigenvalue weighted by Gasteiger charge is -2.05. The average Bonchev–Trinajstić information content (AvgIpc) is 2.47. The largest absolute Gasteiger partial charge is 0.307 e. The lowest BCUT2D eigenvalue weighted by molar-refractivity contribution is 0.102. The van der Waals surface area contributed by atoms with Crippen LogP contribution >= 0.6 is 0 Å². The van der Waals surface area contributed by atoms with Crippen molar-refractivity contribution in [3.8, 4) is 6.07 Å². The minimum Gasteiger partial charge on any atom is -0.307 e. The van der Waals surface area contributed by atoms with Crippen LogP contribution in [0.5, 0.6) is 0 Å². The van der Waals surface area contributed by atoms with Crippen LogP contribution in [0, 0.1) is 11.3 Å². The van der Waals surface area contributed by atoms with E-state index >= 15 is 0 Å². The van der Waals surface area contributed by atoms with Gasteiger partial charge in [-0.2, -0.15) is 5.26 Å². The number of pyridine rings is 1. The third-order valence-corrected chi connectivity index (χ3v) is 3.81. The van der Waals surface area contributed by atoms with Crippen molar-refractivity contribution in [2.24, 2.45) is 0 Å². The fourth-order valence-corrected chi connectivity index (χ4v) is 2.21. The third-order valence-electron chi connectivity index (χ3n) is 2.68. The highest BCUT2D eigenvalue weighted by Crippen LogP contribution is 2.12. The molecule has 0 aliphatic rings.